The topological polar surface area (TPSA) is 79.8 Å². The van der Waals surface area contributed by atoms with Gasteiger partial charge in [-0.15, -0.1) is 23.1 Å². The smallest absolute Gasteiger partial charge is 0.339 e. The zero-order chi connectivity index (χ0) is 22.5. The molecule has 1 aromatic heterocycles. The van der Waals surface area contributed by atoms with Gasteiger partial charge in [0.15, 0.2) is 5.37 Å². The van der Waals surface area contributed by atoms with Crippen LogP contribution in [0.1, 0.15) is 39.8 Å². The number of piperidine rings is 1. The molecule has 1 unspecified atom stereocenters. The molecule has 2 amide bonds. The van der Waals surface area contributed by atoms with Gasteiger partial charge in [0.1, 0.15) is 5.69 Å². The summed E-state index contributed by atoms with van der Waals surface area (Å²) in [6, 6.07) is 9.46. The van der Waals surface area contributed by atoms with Crippen molar-refractivity contribution in [3.8, 4) is 11.8 Å². The quantitative estimate of drug-likeness (QED) is 0.508. The van der Waals surface area contributed by atoms with Gasteiger partial charge in [-0.05, 0) is 25.0 Å². The molecule has 1 aromatic carbocycles. The number of hydrogen-bond donors (Lipinski definition) is 0. The second-order valence-corrected chi connectivity index (χ2v) is 9.58. The molecule has 2 aliphatic heterocycles. The van der Waals surface area contributed by atoms with Gasteiger partial charge in [0.05, 0.1) is 12.1 Å². The minimum Gasteiger partial charge on any atom is -0.467 e. The van der Waals surface area contributed by atoms with Gasteiger partial charge in [-0.3, -0.25) is 9.59 Å². The highest BCUT2D eigenvalue weighted by Crippen LogP contribution is 2.32. The van der Waals surface area contributed by atoms with Crippen molar-refractivity contribution in [3.63, 3.8) is 0 Å². The van der Waals surface area contributed by atoms with Gasteiger partial charge in [-0.2, -0.15) is 0 Å². The number of likely N-dealkylation sites (tertiary alicyclic amines) is 1. The van der Waals surface area contributed by atoms with E-state index in [4.69, 9.17) is 4.74 Å². The number of methoxy groups -OCH3 is 1. The van der Waals surface area contributed by atoms with E-state index in [-0.39, 0.29) is 17.7 Å². The highest BCUT2D eigenvalue weighted by Gasteiger charge is 2.37. The number of nitrogens with zero attached hydrogens (tertiary/aromatic N) is 3. The van der Waals surface area contributed by atoms with Crippen molar-refractivity contribution < 1.29 is 19.1 Å². The first-order valence-electron chi connectivity index (χ1n) is 10.4. The number of amides is 2. The third-order valence-electron chi connectivity index (χ3n) is 5.51. The Balaban J connectivity index is 1.34. The van der Waals surface area contributed by atoms with Crippen molar-refractivity contribution >= 4 is 40.9 Å². The predicted molar refractivity (Wildman–Crippen MR) is 123 cm³/mol. The van der Waals surface area contributed by atoms with Crippen LogP contribution >= 0.6 is 23.1 Å². The van der Waals surface area contributed by atoms with Crippen LogP contribution in [0.3, 0.4) is 0 Å². The van der Waals surface area contributed by atoms with Crippen LogP contribution in [0.15, 0.2) is 35.7 Å². The first kappa shape index (κ1) is 22.4. The molecule has 9 heteroatoms. The van der Waals surface area contributed by atoms with E-state index in [1.165, 1.54) is 35.1 Å². The van der Waals surface area contributed by atoms with Crippen molar-refractivity contribution in [2.24, 2.45) is 0 Å². The normalized spacial score (nSPS) is 18.7. The SMILES string of the molecule is COC(=O)C1SCCN1C(=O)c1csc(C2CCN(C(=O)C#Cc3ccccc3)CC2)n1. The third kappa shape index (κ3) is 4.97. The zero-order valence-electron chi connectivity index (χ0n) is 17.7. The molecule has 2 aliphatic rings. The molecule has 0 bridgehead atoms. The zero-order valence-corrected chi connectivity index (χ0v) is 19.3. The Labute approximate surface area is 195 Å². The molecule has 4 rings (SSSR count). The molecule has 2 saturated heterocycles. The number of hydrogen-bond acceptors (Lipinski definition) is 7. The van der Waals surface area contributed by atoms with E-state index >= 15 is 0 Å². The number of thiazole rings is 1. The van der Waals surface area contributed by atoms with E-state index in [1.54, 1.807) is 10.3 Å². The minimum atomic E-state index is -0.608. The Kier molecular flexibility index (Phi) is 7.12. The van der Waals surface area contributed by atoms with E-state index in [0.717, 1.165) is 23.4 Å². The number of carbonyl (C=O) groups excluding carboxylic acids is 3. The van der Waals surface area contributed by atoms with Gasteiger partial charge in [-0.1, -0.05) is 24.1 Å². The van der Waals surface area contributed by atoms with Gasteiger partial charge >= 0.3 is 5.97 Å². The molecule has 166 valence electrons. The molecule has 0 saturated carbocycles. The summed E-state index contributed by atoms with van der Waals surface area (Å²) in [5, 5.41) is 2.05. The molecule has 0 N–H and O–H groups in total. The van der Waals surface area contributed by atoms with E-state index in [0.29, 0.717) is 31.1 Å². The summed E-state index contributed by atoms with van der Waals surface area (Å²) in [6.45, 7) is 1.73. The molecular weight excluding hydrogens is 446 g/mol. The summed E-state index contributed by atoms with van der Waals surface area (Å²) < 4.78 is 4.81. The second-order valence-electron chi connectivity index (χ2n) is 7.50. The lowest BCUT2D eigenvalue weighted by atomic mass is 9.97. The van der Waals surface area contributed by atoms with E-state index < -0.39 is 11.3 Å². The number of ether oxygens (including phenoxy) is 1. The Morgan fingerprint density at radius 1 is 1.12 bits per heavy atom. The number of thioether (sulfide) groups is 1. The Morgan fingerprint density at radius 2 is 1.88 bits per heavy atom. The van der Waals surface area contributed by atoms with Crippen LogP contribution in [0.25, 0.3) is 0 Å². The van der Waals surface area contributed by atoms with Gasteiger partial charge in [0.2, 0.25) is 0 Å². The highest BCUT2D eigenvalue weighted by molar-refractivity contribution is 8.00. The lowest BCUT2D eigenvalue weighted by molar-refractivity contribution is -0.142. The third-order valence-corrected chi connectivity index (χ3v) is 7.70. The summed E-state index contributed by atoms with van der Waals surface area (Å²) in [5.41, 5.74) is 1.19. The van der Waals surface area contributed by atoms with Crippen molar-refractivity contribution in [2.45, 2.75) is 24.1 Å². The standard InChI is InChI=1S/C23H23N3O4S2/c1-30-23(29)22-26(13-14-31-22)21(28)18-15-32-20(24-18)17-9-11-25(12-10-17)19(27)8-7-16-5-3-2-4-6-16/h2-6,15,17,22H,9-14H2,1H3. The summed E-state index contributed by atoms with van der Waals surface area (Å²) in [6.07, 6.45) is 1.56. The summed E-state index contributed by atoms with van der Waals surface area (Å²) in [7, 11) is 1.33. The fraction of sp³-hybridized carbons (Fsp3) is 0.391. The first-order chi connectivity index (χ1) is 15.6. The molecule has 3 heterocycles. The molecule has 2 aromatic rings. The lowest BCUT2D eigenvalue weighted by Gasteiger charge is -2.29. The first-order valence-corrected chi connectivity index (χ1v) is 12.3. The number of benzene rings is 1. The maximum absolute atomic E-state index is 12.9. The van der Waals surface area contributed by atoms with Crippen LogP contribution in [0.2, 0.25) is 0 Å². The number of aromatic nitrogens is 1. The Bertz CT molecular complexity index is 1050. The molecule has 32 heavy (non-hydrogen) atoms. The van der Waals surface area contributed by atoms with Gasteiger partial charge in [0.25, 0.3) is 11.8 Å². The van der Waals surface area contributed by atoms with Crippen molar-refractivity contribution in [1.29, 1.82) is 0 Å². The monoisotopic (exact) mass is 469 g/mol. The molecule has 2 fully saturated rings. The van der Waals surface area contributed by atoms with Crippen LogP contribution in [-0.4, -0.2) is 70.4 Å². The average molecular weight is 470 g/mol. The highest BCUT2D eigenvalue weighted by atomic mass is 32.2. The molecule has 0 spiro atoms. The van der Waals surface area contributed by atoms with E-state index in [9.17, 15) is 14.4 Å². The van der Waals surface area contributed by atoms with Gasteiger partial charge in [-0.25, -0.2) is 9.78 Å². The molecule has 7 nitrogen and oxygen atoms in total. The van der Waals surface area contributed by atoms with Crippen LogP contribution in [0.4, 0.5) is 0 Å². The van der Waals surface area contributed by atoms with Crippen LogP contribution in [-0.2, 0) is 14.3 Å². The van der Waals surface area contributed by atoms with Crippen molar-refractivity contribution in [2.75, 3.05) is 32.5 Å². The number of esters is 1. The minimum absolute atomic E-state index is 0.164. The lowest BCUT2D eigenvalue weighted by Crippen LogP contribution is -2.40. The van der Waals surface area contributed by atoms with Crippen molar-refractivity contribution in [1.82, 2.24) is 14.8 Å². The molecule has 0 radical (unpaired) electrons. The molecular formula is C23H23N3O4S2. The van der Waals surface area contributed by atoms with E-state index in [1.807, 2.05) is 30.3 Å². The maximum Gasteiger partial charge on any atom is 0.339 e. The predicted octanol–water partition coefficient (Wildman–Crippen LogP) is 2.59. The number of carbonyl (C=O) groups is 3. The van der Waals surface area contributed by atoms with Crippen molar-refractivity contribution in [3.05, 3.63) is 52.0 Å². The summed E-state index contributed by atoms with van der Waals surface area (Å²) in [4.78, 5) is 45.1. The number of rotatable bonds is 3. The average Bonchev–Trinajstić information content (AvgIpc) is 3.53. The van der Waals surface area contributed by atoms with E-state index in [2.05, 4.69) is 16.8 Å². The Morgan fingerprint density at radius 3 is 2.59 bits per heavy atom. The Hall–Kier alpha value is -2.83. The molecule has 0 aliphatic carbocycles. The summed E-state index contributed by atoms with van der Waals surface area (Å²) >= 11 is 2.87. The fourth-order valence-electron chi connectivity index (χ4n) is 3.75. The second kappa shape index (κ2) is 10.2. The fourth-order valence-corrected chi connectivity index (χ4v) is 5.85. The largest absolute Gasteiger partial charge is 0.467 e. The van der Waals surface area contributed by atoms with Crippen LogP contribution < -0.4 is 0 Å². The van der Waals surface area contributed by atoms with Gasteiger partial charge in [0, 0.05) is 48.2 Å². The summed E-state index contributed by atoms with van der Waals surface area (Å²) in [5.74, 6) is 5.73. The van der Waals surface area contributed by atoms with Crippen LogP contribution in [0.5, 0.6) is 0 Å². The molecule has 1 atom stereocenters. The van der Waals surface area contributed by atoms with Crippen LogP contribution in [0, 0.1) is 11.8 Å². The van der Waals surface area contributed by atoms with Gasteiger partial charge < -0.3 is 14.5 Å². The maximum atomic E-state index is 12.9.